The van der Waals surface area contributed by atoms with Gasteiger partial charge >= 0.3 is 0 Å². The lowest BCUT2D eigenvalue weighted by atomic mass is 9.93. The fourth-order valence-corrected chi connectivity index (χ4v) is 2.13. The summed E-state index contributed by atoms with van der Waals surface area (Å²) in [7, 11) is 5.69. The molecule has 1 amide bonds. The van der Waals surface area contributed by atoms with Crippen LogP contribution in [0.25, 0.3) is 0 Å². The summed E-state index contributed by atoms with van der Waals surface area (Å²) in [6.07, 6.45) is 0.903. The van der Waals surface area contributed by atoms with E-state index in [1.807, 2.05) is 23.1 Å². The molecule has 0 aliphatic carbocycles. The topological polar surface area (TPSA) is 20.3 Å². The van der Waals surface area contributed by atoms with E-state index in [1.54, 1.807) is 6.92 Å². The van der Waals surface area contributed by atoms with E-state index < -0.39 is 0 Å². The number of carbonyl (C=O) groups is 1. The summed E-state index contributed by atoms with van der Waals surface area (Å²) in [5.41, 5.74) is 2.95. The zero-order valence-corrected chi connectivity index (χ0v) is 8.45. The molecule has 2 nitrogen and oxygen atoms in total. The van der Waals surface area contributed by atoms with Gasteiger partial charge in [0.05, 0.1) is 0 Å². The summed E-state index contributed by atoms with van der Waals surface area (Å²) in [6, 6.07) is 5.97. The Balaban J connectivity index is 2.48. The van der Waals surface area contributed by atoms with E-state index >= 15 is 0 Å². The maximum Gasteiger partial charge on any atom is 0.224 e. The molecule has 0 saturated heterocycles. The Hall–Kier alpha value is -1.25. The van der Waals surface area contributed by atoms with E-state index in [9.17, 15) is 4.79 Å². The summed E-state index contributed by atoms with van der Waals surface area (Å²) in [5, 5.41) is 0. The van der Waals surface area contributed by atoms with E-state index in [0.717, 1.165) is 17.6 Å². The Morgan fingerprint density at radius 1 is 1.57 bits per heavy atom. The highest BCUT2D eigenvalue weighted by Gasteiger charge is 2.28. The standard InChI is InChI=1S/C11H12BNO/c1-7-5-9-6-10(12)3-4-11(9)13(7)8(2)14/h3-4,6-7H,5H2,1-2H3. The van der Waals surface area contributed by atoms with Crippen molar-refractivity contribution in [3.63, 3.8) is 0 Å². The van der Waals surface area contributed by atoms with Crippen LogP contribution >= 0.6 is 0 Å². The first-order valence-corrected chi connectivity index (χ1v) is 4.78. The third kappa shape index (κ3) is 1.33. The molecule has 1 unspecified atom stereocenters. The smallest absolute Gasteiger partial charge is 0.224 e. The molecule has 1 heterocycles. The van der Waals surface area contributed by atoms with Gasteiger partial charge in [-0.2, -0.15) is 0 Å². The molecule has 1 aliphatic rings. The highest BCUT2D eigenvalue weighted by atomic mass is 16.2. The molecule has 3 heteroatoms. The van der Waals surface area contributed by atoms with Gasteiger partial charge in [0.1, 0.15) is 7.85 Å². The predicted octanol–water partition coefficient (Wildman–Crippen LogP) is 0.778. The van der Waals surface area contributed by atoms with Crippen molar-refractivity contribution in [1.29, 1.82) is 0 Å². The summed E-state index contributed by atoms with van der Waals surface area (Å²) >= 11 is 0. The van der Waals surface area contributed by atoms with Crippen molar-refractivity contribution in [2.75, 3.05) is 4.90 Å². The fourth-order valence-electron chi connectivity index (χ4n) is 2.13. The first-order chi connectivity index (χ1) is 6.59. The first-order valence-electron chi connectivity index (χ1n) is 4.78. The van der Waals surface area contributed by atoms with Crippen LogP contribution in [0.5, 0.6) is 0 Å². The normalized spacial score (nSPS) is 19.6. The van der Waals surface area contributed by atoms with Crippen molar-refractivity contribution >= 4 is 24.9 Å². The lowest BCUT2D eigenvalue weighted by Crippen LogP contribution is -2.33. The lowest BCUT2D eigenvalue weighted by Gasteiger charge is -2.20. The predicted molar refractivity (Wildman–Crippen MR) is 58.2 cm³/mol. The lowest BCUT2D eigenvalue weighted by molar-refractivity contribution is -0.116. The highest BCUT2D eigenvalue weighted by Crippen LogP contribution is 2.30. The average molecular weight is 185 g/mol. The van der Waals surface area contributed by atoms with Crippen LogP contribution in [0.3, 0.4) is 0 Å². The number of anilines is 1. The van der Waals surface area contributed by atoms with Gasteiger partial charge in [-0.15, -0.1) is 0 Å². The van der Waals surface area contributed by atoms with Gasteiger partial charge in [-0.05, 0) is 25.0 Å². The Morgan fingerprint density at radius 3 is 2.93 bits per heavy atom. The van der Waals surface area contributed by atoms with E-state index in [2.05, 4.69) is 6.92 Å². The number of amides is 1. The van der Waals surface area contributed by atoms with Gasteiger partial charge in [-0.1, -0.05) is 17.6 Å². The number of rotatable bonds is 0. The van der Waals surface area contributed by atoms with E-state index in [1.165, 1.54) is 5.56 Å². The van der Waals surface area contributed by atoms with Crippen LogP contribution < -0.4 is 10.4 Å². The summed E-state index contributed by atoms with van der Waals surface area (Å²) in [6.45, 7) is 3.65. The van der Waals surface area contributed by atoms with Crippen LogP contribution in [-0.2, 0) is 11.2 Å². The van der Waals surface area contributed by atoms with E-state index in [0.29, 0.717) is 0 Å². The largest absolute Gasteiger partial charge is 0.309 e. The molecular formula is C11H12BNO. The number of nitrogens with zero attached hydrogens (tertiary/aromatic N) is 1. The van der Waals surface area contributed by atoms with Crippen LogP contribution in [0.15, 0.2) is 18.2 Å². The van der Waals surface area contributed by atoms with Crippen LogP contribution in [0, 0.1) is 0 Å². The van der Waals surface area contributed by atoms with E-state index in [-0.39, 0.29) is 11.9 Å². The first kappa shape index (κ1) is 9.32. The molecule has 70 valence electrons. The zero-order chi connectivity index (χ0) is 10.3. The fraction of sp³-hybridized carbons (Fsp3) is 0.364. The summed E-state index contributed by atoms with van der Waals surface area (Å²) < 4.78 is 0. The average Bonchev–Trinajstić information content (AvgIpc) is 2.39. The molecule has 1 aromatic rings. The Kier molecular flexibility index (Phi) is 2.10. The van der Waals surface area contributed by atoms with Crippen LogP contribution in [0.4, 0.5) is 5.69 Å². The molecule has 14 heavy (non-hydrogen) atoms. The van der Waals surface area contributed by atoms with Gasteiger partial charge in [-0.3, -0.25) is 4.79 Å². The molecule has 2 radical (unpaired) electrons. The van der Waals surface area contributed by atoms with Gasteiger partial charge in [-0.25, -0.2) is 0 Å². The Bertz CT molecular complexity index is 389. The van der Waals surface area contributed by atoms with Crippen LogP contribution in [0.1, 0.15) is 19.4 Å². The highest BCUT2D eigenvalue weighted by molar-refractivity contribution is 6.32. The second-order valence-corrected chi connectivity index (χ2v) is 3.83. The molecule has 0 bridgehead atoms. The zero-order valence-electron chi connectivity index (χ0n) is 8.45. The molecule has 0 aromatic heterocycles. The minimum Gasteiger partial charge on any atom is -0.309 e. The second kappa shape index (κ2) is 3.16. The molecule has 0 spiro atoms. The number of fused-ring (bicyclic) bond motifs is 1. The third-order valence-corrected chi connectivity index (χ3v) is 2.66. The van der Waals surface area contributed by atoms with Crippen molar-refractivity contribution in [3.05, 3.63) is 23.8 Å². The van der Waals surface area contributed by atoms with Gasteiger partial charge in [0.15, 0.2) is 0 Å². The van der Waals surface area contributed by atoms with Crippen molar-refractivity contribution in [2.45, 2.75) is 26.3 Å². The van der Waals surface area contributed by atoms with Gasteiger partial charge in [0, 0.05) is 18.7 Å². The monoisotopic (exact) mass is 185 g/mol. The van der Waals surface area contributed by atoms with Crippen molar-refractivity contribution in [2.24, 2.45) is 0 Å². The van der Waals surface area contributed by atoms with Crippen LogP contribution in [-0.4, -0.2) is 19.8 Å². The second-order valence-electron chi connectivity index (χ2n) is 3.83. The number of hydrogen-bond donors (Lipinski definition) is 0. The Morgan fingerprint density at radius 2 is 2.29 bits per heavy atom. The molecule has 1 atom stereocenters. The molecular weight excluding hydrogens is 173 g/mol. The van der Waals surface area contributed by atoms with Gasteiger partial charge in [0.2, 0.25) is 5.91 Å². The molecule has 0 saturated carbocycles. The minimum atomic E-state index is 0.0982. The molecule has 1 aromatic carbocycles. The number of hydrogen-bond acceptors (Lipinski definition) is 1. The number of carbonyl (C=O) groups excluding carboxylic acids is 1. The quantitative estimate of drug-likeness (QED) is 0.547. The summed E-state index contributed by atoms with van der Waals surface area (Å²) in [4.78, 5) is 13.2. The third-order valence-electron chi connectivity index (χ3n) is 2.66. The van der Waals surface area contributed by atoms with E-state index in [4.69, 9.17) is 7.85 Å². The minimum absolute atomic E-state index is 0.0982. The van der Waals surface area contributed by atoms with Crippen molar-refractivity contribution in [1.82, 2.24) is 0 Å². The molecule has 1 aliphatic heterocycles. The molecule has 2 rings (SSSR count). The maximum atomic E-state index is 11.4. The SMILES string of the molecule is [B]c1ccc2c(c1)CC(C)N2C(C)=O. The number of benzene rings is 1. The molecule has 0 N–H and O–H groups in total. The van der Waals surface area contributed by atoms with Crippen molar-refractivity contribution < 1.29 is 4.79 Å². The maximum absolute atomic E-state index is 11.4. The molecule has 0 fully saturated rings. The summed E-state index contributed by atoms with van der Waals surface area (Å²) in [5.74, 6) is 0.0982. The van der Waals surface area contributed by atoms with Gasteiger partial charge < -0.3 is 4.90 Å². The van der Waals surface area contributed by atoms with Gasteiger partial charge in [0.25, 0.3) is 0 Å². The Labute approximate surface area is 85.3 Å². The van der Waals surface area contributed by atoms with Crippen LogP contribution in [0.2, 0.25) is 0 Å². The van der Waals surface area contributed by atoms with Crippen molar-refractivity contribution in [3.8, 4) is 0 Å².